The Labute approximate surface area is 232 Å². The van der Waals surface area contributed by atoms with Crippen LogP contribution in [0.5, 0.6) is 0 Å². The van der Waals surface area contributed by atoms with Gasteiger partial charge in [0.2, 0.25) is 0 Å². The molecule has 0 atom stereocenters. The number of hydrogen-bond donors (Lipinski definition) is 0. The van der Waals surface area contributed by atoms with E-state index >= 15 is 0 Å². The Morgan fingerprint density at radius 3 is 0.231 bits per heavy atom. The minimum absolute atomic E-state index is 0. The molecular weight excluding hydrogens is 921 g/mol. The Kier molecular flexibility index (Phi) is 1290. The van der Waals surface area contributed by atoms with Crippen molar-refractivity contribution < 1.29 is 238 Å². The van der Waals surface area contributed by atoms with Crippen LogP contribution in [0, 0.1) is 0 Å². The maximum absolute atomic E-state index is 0. The third-order valence-corrected chi connectivity index (χ3v) is 0. The Morgan fingerprint density at radius 1 is 0.231 bits per heavy atom. The summed E-state index contributed by atoms with van der Waals surface area (Å²) in [6, 6.07) is 0. The van der Waals surface area contributed by atoms with E-state index in [1.165, 1.54) is 0 Å². The monoisotopic (exact) mass is 926 g/mol. The van der Waals surface area contributed by atoms with E-state index in [4.69, 9.17) is 0 Å². The summed E-state index contributed by atoms with van der Waals surface area (Å²) in [6.07, 6.45) is 0. The first-order chi connectivity index (χ1) is 0. The fourth-order valence-corrected chi connectivity index (χ4v) is 0. The first kappa shape index (κ1) is 140. The smallest absolute Gasteiger partial charge is 0 e. The topological polar surface area (TPSA) is 0 Å². The van der Waals surface area contributed by atoms with Gasteiger partial charge < -0.3 is 0 Å². The van der Waals surface area contributed by atoms with Crippen LogP contribution in [-0.4, -0.2) is 0 Å². The second-order valence-electron chi connectivity index (χ2n) is 0. The second-order valence-corrected chi connectivity index (χ2v) is 0. The predicted molar refractivity (Wildman–Crippen MR) is 0 cm³/mol. The van der Waals surface area contributed by atoms with Gasteiger partial charge in [-0.25, -0.2) is 0 Å². The van der Waals surface area contributed by atoms with Crippen molar-refractivity contribution in [3.63, 3.8) is 0 Å². The van der Waals surface area contributed by atoms with Crippen molar-refractivity contribution in [1.82, 2.24) is 0 Å². The quantitative estimate of drug-likeness (QED) is 0.300. The third-order valence-electron chi connectivity index (χ3n) is 0. The van der Waals surface area contributed by atoms with E-state index in [1.54, 1.807) is 0 Å². The number of hydrogen-bond acceptors (Lipinski definition) is 0. The van der Waals surface area contributed by atoms with Gasteiger partial charge in [-0.15, -0.1) is 0 Å². The normalized spacial score (nSPS) is 0. The molecule has 0 bridgehead atoms. The zero-order valence-corrected chi connectivity index (χ0v) is 22.1. The molecule has 0 saturated heterocycles. The van der Waals surface area contributed by atoms with Crippen LogP contribution < -0.4 is 0 Å². The molecule has 0 aromatic carbocycles. The molecule has 13 heteroatoms. The van der Waals surface area contributed by atoms with Crippen molar-refractivity contribution in [2.75, 3.05) is 0 Å². The van der Waals surface area contributed by atoms with E-state index in [1.807, 2.05) is 0 Å². The van der Waals surface area contributed by atoms with Crippen LogP contribution in [0.2, 0.25) is 0 Å². The van der Waals surface area contributed by atoms with Crippen molar-refractivity contribution in [3.8, 4) is 0 Å². The van der Waals surface area contributed by atoms with Gasteiger partial charge in [0.05, 0.1) is 0 Å². The molecule has 9 radical (unpaired) electrons. The van der Waals surface area contributed by atoms with E-state index in [2.05, 4.69) is 0 Å². The van der Waals surface area contributed by atoms with E-state index in [9.17, 15) is 0 Å². The molecule has 0 aromatic rings. The molecule has 0 amide bonds. The van der Waals surface area contributed by atoms with Crippen LogP contribution in [0.15, 0.2) is 0 Å². The fourth-order valence-electron chi connectivity index (χ4n) is 0. The molecule has 13 heavy (non-hydrogen) atoms. The van der Waals surface area contributed by atoms with Gasteiger partial charge in [-0.1, -0.05) is 0 Å². The standard InChI is InChI=1S/5Cu.4Mn.4Mo. The summed E-state index contributed by atoms with van der Waals surface area (Å²) in [5, 5.41) is 0. The fraction of sp³-hybridized carbons (Fsp3) is 0. The third kappa shape index (κ3) is 107. The molecule has 107 valence electrons. The van der Waals surface area contributed by atoms with Crippen LogP contribution >= 0.6 is 0 Å². The molecular formula is Cu5Mn4Mo4. The zero-order valence-electron chi connectivity index (χ0n) is 4.65. The molecule has 0 nitrogen and oxygen atoms in total. The number of rotatable bonds is 0. The summed E-state index contributed by atoms with van der Waals surface area (Å²) < 4.78 is 0. The van der Waals surface area contributed by atoms with E-state index in [0.29, 0.717) is 0 Å². The van der Waals surface area contributed by atoms with Crippen molar-refractivity contribution in [2.45, 2.75) is 0 Å². The Bertz CT molecular complexity index is 20.5. The van der Waals surface area contributed by atoms with Crippen LogP contribution in [0.4, 0.5) is 0 Å². The van der Waals surface area contributed by atoms with Gasteiger partial charge in [0.1, 0.15) is 0 Å². The average Bonchev–Trinajstić information content (AvgIpc) is 0. The van der Waals surface area contributed by atoms with E-state index in [0.717, 1.165) is 0 Å². The maximum Gasteiger partial charge on any atom is 0 e. The van der Waals surface area contributed by atoms with E-state index < -0.39 is 0 Å². The summed E-state index contributed by atoms with van der Waals surface area (Å²) in [6.45, 7) is 0. The largest absolute Gasteiger partial charge is 0 e. The predicted octanol–water partition coefficient (Wildman–Crippen LogP) is -0.0325. The van der Waals surface area contributed by atoms with Gasteiger partial charge in [0.25, 0.3) is 0 Å². The van der Waals surface area contributed by atoms with Crippen molar-refractivity contribution >= 4 is 0 Å². The summed E-state index contributed by atoms with van der Waals surface area (Å²) in [7, 11) is 0. The Morgan fingerprint density at radius 2 is 0.231 bits per heavy atom. The molecule has 0 aliphatic rings. The second kappa shape index (κ2) is 120. The van der Waals surface area contributed by atoms with E-state index in [-0.39, 0.29) is 238 Å². The molecule has 0 heterocycles. The molecule has 0 unspecified atom stereocenters. The molecule has 0 N–H and O–H groups in total. The van der Waals surface area contributed by atoms with Gasteiger partial charge in [0, 0.05) is 238 Å². The molecule has 0 fully saturated rings. The molecule has 0 rings (SSSR count). The molecule has 0 aromatic heterocycles. The Balaban J connectivity index is 0. The van der Waals surface area contributed by atoms with Crippen LogP contribution in [0.3, 0.4) is 0 Å². The SMILES string of the molecule is [Cu].[Cu].[Cu].[Cu].[Cu].[Mn].[Mn].[Mn].[Mn].[Mo].[Mo].[Mo].[Mo]. The average molecular weight is 921 g/mol. The Hall–Kier alpha value is 7.43. The van der Waals surface area contributed by atoms with Gasteiger partial charge in [-0.2, -0.15) is 0 Å². The molecule has 0 spiro atoms. The maximum atomic E-state index is 0. The van der Waals surface area contributed by atoms with Gasteiger partial charge >= 0.3 is 0 Å². The van der Waals surface area contributed by atoms with Crippen molar-refractivity contribution in [2.24, 2.45) is 0 Å². The van der Waals surface area contributed by atoms with Crippen LogP contribution in [0.1, 0.15) is 0 Å². The first-order valence-electron chi connectivity index (χ1n) is 0. The molecule has 0 aliphatic heterocycles. The summed E-state index contributed by atoms with van der Waals surface area (Å²) >= 11 is 0. The first-order valence-corrected chi connectivity index (χ1v) is 0. The summed E-state index contributed by atoms with van der Waals surface area (Å²) in [4.78, 5) is 0. The van der Waals surface area contributed by atoms with Crippen LogP contribution in [0.25, 0.3) is 0 Å². The zero-order chi connectivity index (χ0) is 0. The van der Waals surface area contributed by atoms with Crippen molar-refractivity contribution in [1.29, 1.82) is 0 Å². The minimum atomic E-state index is 0. The van der Waals surface area contributed by atoms with Gasteiger partial charge in [0.15, 0.2) is 0 Å². The van der Waals surface area contributed by atoms with Gasteiger partial charge in [-0.3, -0.25) is 0 Å². The molecule has 0 aliphatic carbocycles. The van der Waals surface area contributed by atoms with Crippen molar-refractivity contribution in [3.05, 3.63) is 0 Å². The molecule has 0 saturated carbocycles. The van der Waals surface area contributed by atoms with Gasteiger partial charge in [-0.05, 0) is 0 Å². The summed E-state index contributed by atoms with van der Waals surface area (Å²) in [5.74, 6) is 0. The summed E-state index contributed by atoms with van der Waals surface area (Å²) in [5.41, 5.74) is 0. The minimum Gasteiger partial charge on any atom is 0 e. The van der Waals surface area contributed by atoms with Crippen LogP contribution in [-0.2, 0) is 238 Å².